The number of nitrogens with zero attached hydrogens (tertiary/aromatic N) is 4. The van der Waals surface area contributed by atoms with E-state index < -0.39 is 23.5 Å². The van der Waals surface area contributed by atoms with Gasteiger partial charge in [-0.15, -0.1) is 16.4 Å². The SMILES string of the molecule is O=C(Nc1nc2scc(-c3ccccc3)n2n1)c1ccc2c(c1)C(=O)N(c1ccc(F)cc1)C2=O. The van der Waals surface area contributed by atoms with Crippen molar-refractivity contribution in [1.29, 1.82) is 0 Å². The van der Waals surface area contributed by atoms with Crippen LogP contribution in [0.5, 0.6) is 0 Å². The van der Waals surface area contributed by atoms with Gasteiger partial charge in [-0.2, -0.15) is 4.98 Å². The van der Waals surface area contributed by atoms with E-state index >= 15 is 0 Å². The van der Waals surface area contributed by atoms with Crippen LogP contribution in [0.15, 0.2) is 78.2 Å². The fourth-order valence-corrected chi connectivity index (χ4v) is 4.75. The van der Waals surface area contributed by atoms with Crippen molar-refractivity contribution >= 4 is 45.7 Å². The molecule has 0 radical (unpaired) electrons. The number of anilines is 2. The molecule has 3 amide bonds. The molecule has 0 bridgehead atoms. The van der Waals surface area contributed by atoms with Crippen LogP contribution in [0.1, 0.15) is 31.1 Å². The number of benzene rings is 3. The van der Waals surface area contributed by atoms with Crippen LogP contribution >= 0.6 is 11.3 Å². The summed E-state index contributed by atoms with van der Waals surface area (Å²) in [6, 6.07) is 19.0. The van der Waals surface area contributed by atoms with Gasteiger partial charge in [0.25, 0.3) is 23.7 Å². The van der Waals surface area contributed by atoms with Gasteiger partial charge in [-0.3, -0.25) is 19.7 Å². The Morgan fingerprint density at radius 2 is 1.66 bits per heavy atom. The summed E-state index contributed by atoms with van der Waals surface area (Å²) >= 11 is 1.40. The third-order valence-corrected chi connectivity index (χ3v) is 6.43. The predicted molar refractivity (Wildman–Crippen MR) is 128 cm³/mol. The van der Waals surface area contributed by atoms with Gasteiger partial charge in [0, 0.05) is 16.5 Å². The van der Waals surface area contributed by atoms with Crippen molar-refractivity contribution in [2.45, 2.75) is 0 Å². The first-order valence-corrected chi connectivity index (χ1v) is 11.4. The second-order valence-corrected chi connectivity index (χ2v) is 8.59. The van der Waals surface area contributed by atoms with E-state index in [-0.39, 0.29) is 28.3 Å². The minimum absolute atomic E-state index is 0.0946. The number of imide groups is 1. The first-order chi connectivity index (χ1) is 17.0. The molecule has 0 unspecified atom stereocenters. The lowest BCUT2D eigenvalue weighted by Crippen LogP contribution is -2.29. The lowest BCUT2D eigenvalue weighted by Gasteiger charge is -2.13. The van der Waals surface area contributed by atoms with Crippen LogP contribution in [-0.2, 0) is 0 Å². The summed E-state index contributed by atoms with van der Waals surface area (Å²) in [5, 5.41) is 8.99. The summed E-state index contributed by atoms with van der Waals surface area (Å²) in [6.07, 6.45) is 0. The maximum absolute atomic E-state index is 13.3. The van der Waals surface area contributed by atoms with Crippen molar-refractivity contribution in [2.24, 2.45) is 0 Å². The van der Waals surface area contributed by atoms with Crippen molar-refractivity contribution in [3.05, 3.63) is 101 Å². The number of fused-ring (bicyclic) bond motifs is 2. The second kappa shape index (κ2) is 7.96. The van der Waals surface area contributed by atoms with E-state index in [1.807, 2.05) is 35.7 Å². The molecule has 2 aromatic heterocycles. The zero-order valence-electron chi connectivity index (χ0n) is 17.8. The number of amides is 3. The van der Waals surface area contributed by atoms with Gasteiger partial charge in [0.15, 0.2) is 0 Å². The summed E-state index contributed by atoms with van der Waals surface area (Å²) in [7, 11) is 0. The molecule has 0 spiro atoms. The minimum atomic E-state index is -0.584. The van der Waals surface area contributed by atoms with Crippen molar-refractivity contribution in [1.82, 2.24) is 14.6 Å². The monoisotopic (exact) mass is 483 g/mol. The van der Waals surface area contributed by atoms with E-state index in [0.29, 0.717) is 4.96 Å². The Morgan fingerprint density at radius 3 is 2.43 bits per heavy atom. The Morgan fingerprint density at radius 1 is 0.914 bits per heavy atom. The molecule has 3 aromatic carbocycles. The molecule has 1 N–H and O–H groups in total. The van der Waals surface area contributed by atoms with E-state index in [2.05, 4.69) is 15.4 Å². The minimum Gasteiger partial charge on any atom is -0.289 e. The Kier molecular flexibility index (Phi) is 4.75. The Hall–Kier alpha value is -4.70. The van der Waals surface area contributed by atoms with E-state index in [0.717, 1.165) is 16.2 Å². The van der Waals surface area contributed by atoms with Crippen LogP contribution in [0.4, 0.5) is 16.0 Å². The highest BCUT2D eigenvalue weighted by molar-refractivity contribution is 7.15. The standard InChI is InChI=1S/C25H14FN5O3S/c26-16-7-9-17(10-8-16)30-22(33)18-11-6-15(12-19(18)23(30)34)21(32)27-24-28-25-31(29-24)20(13-35-25)14-4-2-1-3-5-14/h1-13H,(H,27,29,32). The van der Waals surface area contributed by atoms with E-state index in [1.54, 1.807) is 4.52 Å². The van der Waals surface area contributed by atoms with Crippen LogP contribution in [0.25, 0.3) is 16.2 Å². The summed E-state index contributed by atoms with van der Waals surface area (Å²) < 4.78 is 14.9. The molecule has 0 saturated heterocycles. The molecule has 0 aliphatic carbocycles. The average molecular weight is 483 g/mol. The number of nitrogens with one attached hydrogen (secondary N) is 1. The van der Waals surface area contributed by atoms with Gasteiger partial charge in [0.1, 0.15) is 5.82 Å². The number of hydrogen-bond donors (Lipinski definition) is 1. The number of thiazole rings is 1. The van der Waals surface area contributed by atoms with Crippen molar-refractivity contribution in [3.8, 4) is 11.3 Å². The number of rotatable bonds is 4. The predicted octanol–water partition coefficient (Wildman–Crippen LogP) is 4.65. The van der Waals surface area contributed by atoms with Crippen molar-refractivity contribution in [2.75, 3.05) is 10.2 Å². The third kappa shape index (κ3) is 3.47. The molecular formula is C25H14FN5O3S. The summed E-state index contributed by atoms with van der Waals surface area (Å²) in [6.45, 7) is 0. The highest BCUT2D eigenvalue weighted by Crippen LogP contribution is 2.30. The molecule has 10 heteroatoms. The lowest BCUT2D eigenvalue weighted by molar-refractivity contribution is 0.0925. The van der Waals surface area contributed by atoms with E-state index in [1.165, 1.54) is 53.8 Å². The fraction of sp³-hybridized carbons (Fsp3) is 0. The van der Waals surface area contributed by atoms with Crippen LogP contribution < -0.4 is 10.2 Å². The van der Waals surface area contributed by atoms with Gasteiger partial charge < -0.3 is 0 Å². The van der Waals surface area contributed by atoms with E-state index in [4.69, 9.17) is 0 Å². The Labute approximate surface area is 201 Å². The molecule has 6 rings (SSSR count). The summed E-state index contributed by atoms with van der Waals surface area (Å²) in [4.78, 5) is 44.5. The zero-order chi connectivity index (χ0) is 24.1. The van der Waals surface area contributed by atoms with Crippen molar-refractivity contribution < 1.29 is 18.8 Å². The van der Waals surface area contributed by atoms with Crippen LogP contribution in [0.2, 0.25) is 0 Å². The van der Waals surface area contributed by atoms with Gasteiger partial charge >= 0.3 is 0 Å². The third-order valence-electron chi connectivity index (χ3n) is 5.61. The van der Waals surface area contributed by atoms with Gasteiger partial charge in [0.2, 0.25) is 4.96 Å². The van der Waals surface area contributed by atoms with Gasteiger partial charge in [-0.1, -0.05) is 30.3 Å². The summed E-state index contributed by atoms with van der Waals surface area (Å²) in [5.41, 5.74) is 2.50. The number of hydrogen-bond acceptors (Lipinski definition) is 6. The zero-order valence-corrected chi connectivity index (χ0v) is 18.6. The molecule has 5 aromatic rings. The normalized spacial score (nSPS) is 12.9. The smallest absolute Gasteiger partial charge is 0.266 e. The molecule has 3 heterocycles. The first kappa shape index (κ1) is 20.9. The Bertz CT molecular complexity index is 1640. The Balaban J connectivity index is 1.26. The van der Waals surface area contributed by atoms with Crippen molar-refractivity contribution in [3.63, 3.8) is 0 Å². The summed E-state index contributed by atoms with van der Waals surface area (Å²) in [5.74, 6) is -2.00. The molecule has 1 aliphatic heterocycles. The molecule has 0 saturated carbocycles. The quantitative estimate of drug-likeness (QED) is 0.376. The second-order valence-electron chi connectivity index (χ2n) is 7.75. The number of carbonyl (C=O) groups is 3. The topological polar surface area (TPSA) is 96.7 Å². The maximum atomic E-state index is 13.3. The first-order valence-electron chi connectivity index (χ1n) is 10.5. The number of carbonyl (C=O) groups excluding carboxylic acids is 3. The van der Waals surface area contributed by atoms with Gasteiger partial charge in [-0.05, 0) is 42.5 Å². The molecule has 1 aliphatic rings. The van der Waals surface area contributed by atoms with Crippen LogP contribution in [-0.4, -0.2) is 32.3 Å². The number of halogens is 1. The van der Waals surface area contributed by atoms with Gasteiger partial charge in [-0.25, -0.2) is 13.8 Å². The molecule has 35 heavy (non-hydrogen) atoms. The van der Waals surface area contributed by atoms with Crippen LogP contribution in [0, 0.1) is 5.82 Å². The lowest BCUT2D eigenvalue weighted by atomic mass is 10.1. The molecular weight excluding hydrogens is 469 g/mol. The molecule has 0 atom stereocenters. The average Bonchev–Trinajstić information content (AvgIpc) is 3.52. The molecule has 8 nitrogen and oxygen atoms in total. The highest BCUT2D eigenvalue weighted by Gasteiger charge is 2.37. The highest BCUT2D eigenvalue weighted by atomic mass is 32.1. The maximum Gasteiger partial charge on any atom is 0.266 e. The largest absolute Gasteiger partial charge is 0.289 e. The molecule has 170 valence electrons. The van der Waals surface area contributed by atoms with Gasteiger partial charge in [0.05, 0.1) is 22.5 Å². The van der Waals surface area contributed by atoms with E-state index in [9.17, 15) is 18.8 Å². The number of aromatic nitrogens is 3. The fourth-order valence-electron chi connectivity index (χ4n) is 3.92. The van der Waals surface area contributed by atoms with Crippen LogP contribution in [0.3, 0.4) is 0 Å². The molecule has 0 fully saturated rings.